The number of ether oxygens (including phenoxy) is 2. The first-order valence-corrected chi connectivity index (χ1v) is 14.9. The van der Waals surface area contributed by atoms with Gasteiger partial charge in [0.15, 0.2) is 0 Å². The number of hydrogen-bond donors (Lipinski definition) is 1. The monoisotopic (exact) mass is 572 g/mol. The van der Waals surface area contributed by atoms with Crippen LogP contribution in [0.3, 0.4) is 0 Å². The molecule has 1 aromatic heterocycles. The number of benzene rings is 2. The summed E-state index contributed by atoms with van der Waals surface area (Å²) in [6, 6.07) is 12.2. The van der Waals surface area contributed by atoms with Gasteiger partial charge in [-0.05, 0) is 43.3 Å². The number of rotatable bonds is 8. The zero-order valence-corrected chi connectivity index (χ0v) is 24.4. The van der Waals surface area contributed by atoms with E-state index in [2.05, 4.69) is 27.3 Å². The fourth-order valence-corrected chi connectivity index (χ4v) is 6.40. The summed E-state index contributed by atoms with van der Waals surface area (Å²) in [6.45, 7) is 10.9. The van der Waals surface area contributed by atoms with E-state index >= 15 is 0 Å². The van der Waals surface area contributed by atoms with Crippen molar-refractivity contribution in [2.75, 3.05) is 75.9 Å². The Morgan fingerprint density at radius 1 is 1.10 bits per heavy atom. The third-order valence-corrected chi connectivity index (χ3v) is 8.69. The minimum Gasteiger partial charge on any atom is -0.508 e. The van der Waals surface area contributed by atoms with Crippen LogP contribution >= 0.6 is 0 Å². The Labute approximate surface area is 247 Å². The summed E-state index contributed by atoms with van der Waals surface area (Å²) in [5.41, 5.74) is 3.06. The van der Waals surface area contributed by atoms with E-state index in [-0.39, 0.29) is 17.8 Å². The molecule has 0 aliphatic carbocycles. The molecule has 2 saturated heterocycles. The van der Waals surface area contributed by atoms with Crippen LogP contribution in [0.4, 0.5) is 11.5 Å². The number of likely N-dealkylation sites (tertiary alicyclic amines) is 1. The molecule has 3 aliphatic heterocycles. The minimum absolute atomic E-state index is 0.0363. The molecule has 10 heteroatoms. The van der Waals surface area contributed by atoms with Gasteiger partial charge in [-0.1, -0.05) is 30.8 Å². The lowest BCUT2D eigenvalue weighted by Gasteiger charge is -2.38. The van der Waals surface area contributed by atoms with E-state index in [0.29, 0.717) is 45.3 Å². The van der Waals surface area contributed by atoms with Gasteiger partial charge in [0.05, 0.1) is 18.3 Å². The number of phenols is 1. The highest BCUT2D eigenvalue weighted by molar-refractivity contribution is 5.95. The third kappa shape index (κ3) is 6.00. The first-order valence-electron chi connectivity index (χ1n) is 14.9. The summed E-state index contributed by atoms with van der Waals surface area (Å²) < 4.78 is 11.8. The lowest BCUT2D eigenvalue weighted by atomic mass is 10.0. The molecular formula is C32H40N6O4. The van der Waals surface area contributed by atoms with Gasteiger partial charge in [0.1, 0.15) is 18.2 Å². The largest absolute Gasteiger partial charge is 0.508 e. The number of hydrogen-bond acceptors (Lipinski definition) is 9. The van der Waals surface area contributed by atoms with Gasteiger partial charge in [-0.3, -0.25) is 9.69 Å². The first-order chi connectivity index (χ1) is 20.5. The van der Waals surface area contributed by atoms with Crippen molar-refractivity contribution in [3.05, 3.63) is 60.3 Å². The molecule has 1 unspecified atom stereocenters. The molecule has 2 aromatic carbocycles. The molecule has 1 N–H and O–H groups in total. The molecular weight excluding hydrogens is 532 g/mol. The number of phenolic OH excluding ortho intramolecular Hbond substituents is 1. The van der Waals surface area contributed by atoms with Gasteiger partial charge in [-0.25, -0.2) is 0 Å². The quantitative estimate of drug-likeness (QED) is 0.409. The average Bonchev–Trinajstić information content (AvgIpc) is 3.03. The number of anilines is 2. The van der Waals surface area contributed by atoms with Gasteiger partial charge in [-0.15, -0.1) is 0 Å². The molecule has 3 aromatic rings. The van der Waals surface area contributed by atoms with E-state index < -0.39 is 0 Å². The molecule has 3 aliphatic rings. The molecule has 0 radical (unpaired) electrons. The normalized spacial score (nSPS) is 19.5. The lowest BCUT2D eigenvalue weighted by molar-refractivity contribution is -0.126. The second-order valence-corrected chi connectivity index (χ2v) is 11.3. The van der Waals surface area contributed by atoms with E-state index in [1.165, 1.54) is 6.08 Å². The predicted octanol–water partition coefficient (Wildman–Crippen LogP) is 3.22. The lowest BCUT2D eigenvalue weighted by Crippen LogP contribution is -2.49. The number of fused-ring (bicyclic) bond motifs is 2. The number of carbonyl (C=O) groups excluding carboxylic acids is 1. The van der Waals surface area contributed by atoms with Gasteiger partial charge in [0.2, 0.25) is 5.91 Å². The minimum atomic E-state index is -0.0363. The van der Waals surface area contributed by atoms with Crippen molar-refractivity contribution in [3.63, 3.8) is 0 Å². The van der Waals surface area contributed by atoms with Crippen LogP contribution in [-0.4, -0.2) is 103 Å². The van der Waals surface area contributed by atoms with Crippen molar-refractivity contribution in [2.24, 2.45) is 0 Å². The molecule has 222 valence electrons. The molecule has 4 heterocycles. The molecule has 6 rings (SSSR count). The fraction of sp³-hybridized carbons (Fsp3) is 0.469. The maximum Gasteiger partial charge on any atom is 0.318 e. The van der Waals surface area contributed by atoms with Crippen molar-refractivity contribution in [2.45, 2.75) is 31.9 Å². The number of aromatic nitrogens is 2. The number of nitrogens with zero attached hydrogens (tertiary/aromatic N) is 6. The second-order valence-electron chi connectivity index (χ2n) is 11.3. The van der Waals surface area contributed by atoms with Crippen molar-refractivity contribution in [3.8, 4) is 11.8 Å². The van der Waals surface area contributed by atoms with Gasteiger partial charge in [0, 0.05) is 75.6 Å². The van der Waals surface area contributed by atoms with Gasteiger partial charge in [0.25, 0.3) is 0 Å². The topological polar surface area (TPSA) is 94.5 Å². The van der Waals surface area contributed by atoms with E-state index in [1.54, 1.807) is 13.2 Å². The third-order valence-electron chi connectivity index (χ3n) is 8.69. The Balaban J connectivity index is 1.25. The fourth-order valence-electron chi connectivity index (χ4n) is 6.40. The summed E-state index contributed by atoms with van der Waals surface area (Å²) in [5, 5.41) is 12.6. The van der Waals surface area contributed by atoms with Crippen molar-refractivity contribution in [1.82, 2.24) is 19.8 Å². The summed E-state index contributed by atoms with van der Waals surface area (Å²) in [7, 11) is 1.78. The van der Waals surface area contributed by atoms with Crippen LogP contribution in [0.25, 0.3) is 10.8 Å². The summed E-state index contributed by atoms with van der Waals surface area (Å²) in [5.74, 6) is 1.12. The number of piperazine rings is 1. The molecule has 0 saturated carbocycles. The molecule has 0 spiro atoms. The summed E-state index contributed by atoms with van der Waals surface area (Å²) in [4.78, 5) is 30.8. The number of methoxy groups -OCH3 is 1. The van der Waals surface area contributed by atoms with Gasteiger partial charge >= 0.3 is 6.01 Å². The Bertz CT molecular complexity index is 1440. The second kappa shape index (κ2) is 12.5. The first kappa shape index (κ1) is 28.2. The molecule has 0 bridgehead atoms. The zero-order valence-electron chi connectivity index (χ0n) is 24.4. The molecule has 1 amide bonds. The predicted molar refractivity (Wildman–Crippen MR) is 163 cm³/mol. The highest BCUT2D eigenvalue weighted by atomic mass is 16.5. The SMILES string of the molecule is C=CC(=O)N1CCN(c2nc(OCCN3CCCC(OC)C3)nc3c2CCN(c2cc(O)cc4ccccc24)C3)CC1. The smallest absolute Gasteiger partial charge is 0.318 e. The highest BCUT2D eigenvalue weighted by Crippen LogP contribution is 2.36. The van der Waals surface area contributed by atoms with Crippen molar-refractivity contribution < 1.29 is 19.4 Å². The van der Waals surface area contributed by atoms with Crippen LogP contribution in [0.15, 0.2) is 49.1 Å². The van der Waals surface area contributed by atoms with Crippen LogP contribution < -0.4 is 14.5 Å². The van der Waals surface area contributed by atoms with E-state index in [1.807, 2.05) is 29.2 Å². The number of amides is 1. The number of aromatic hydroxyl groups is 1. The average molecular weight is 573 g/mol. The standard InChI is InChI=1S/C32H40N6O4/c1-3-30(40)36-13-15-37(16-14-36)31-27-10-12-38(29-20-24(39)19-23-7-4-5-9-26(23)29)22-28(27)33-32(34-31)42-18-17-35-11-6-8-25(21-35)41-2/h3-5,7,9,19-20,25,39H,1,6,8,10-18,21-22H2,2H3. The zero-order chi connectivity index (χ0) is 29.1. The van der Waals surface area contributed by atoms with Crippen LogP contribution in [0.1, 0.15) is 24.1 Å². The summed E-state index contributed by atoms with van der Waals surface area (Å²) >= 11 is 0. The molecule has 10 nitrogen and oxygen atoms in total. The van der Waals surface area contributed by atoms with Crippen molar-refractivity contribution in [1.29, 1.82) is 0 Å². The van der Waals surface area contributed by atoms with E-state index in [9.17, 15) is 9.90 Å². The van der Waals surface area contributed by atoms with E-state index in [4.69, 9.17) is 19.4 Å². The van der Waals surface area contributed by atoms with Crippen LogP contribution in [-0.2, 0) is 22.5 Å². The van der Waals surface area contributed by atoms with Crippen LogP contribution in [0, 0.1) is 0 Å². The van der Waals surface area contributed by atoms with Crippen LogP contribution in [0.5, 0.6) is 11.8 Å². The Kier molecular flexibility index (Phi) is 8.43. The molecule has 2 fully saturated rings. The number of carbonyl (C=O) groups is 1. The number of piperidine rings is 1. The van der Waals surface area contributed by atoms with Crippen LogP contribution in [0.2, 0.25) is 0 Å². The van der Waals surface area contributed by atoms with Gasteiger partial charge < -0.3 is 29.3 Å². The molecule has 1 atom stereocenters. The molecule has 42 heavy (non-hydrogen) atoms. The van der Waals surface area contributed by atoms with E-state index in [0.717, 1.165) is 79.0 Å². The Hall–Kier alpha value is -3.89. The van der Waals surface area contributed by atoms with Crippen molar-refractivity contribution >= 4 is 28.2 Å². The van der Waals surface area contributed by atoms with Gasteiger partial charge in [-0.2, -0.15) is 9.97 Å². The maximum absolute atomic E-state index is 12.2. The Morgan fingerprint density at radius 3 is 2.74 bits per heavy atom. The highest BCUT2D eigenvalue weighted by Gasteiger charge is 2.29. The Morgan fingerprint density at radius 2 is 1.93 bits per heavy atom. The summed E-state index contributed by atoms with van der Waals surface area (Å²) in [6.07, 6.45) is 4.65. The maximum atomic E-state index is 12.2.